The molecule has 1 aromatic heterocycles. The Hall–Kier alpha value is -0.900. The lowest BCUT2D eigenvalue weighted by Crippen LogP contribution is -1.97. The van der Waals surface area contributed by atoms with Crippen LogP contribution >= 0.6 is 22.9 Å². The Morgan fingerprint density at radius 1 is 1.35 bits per heavy atom. The first-order chi connectivity index (χ1) is 8.11. The molecule has 17 heavy (non-hydrogen) atoms. The van der Waals surface area contributed by atoms with Crippen LogP contribution in [0.25, 0.3) is 0 Å². The lowest BCUT2D eigenvalue weighted by Gasteiger charge is -2.09. The van der Waals surface area contributed by atoms with Crippen LogP contribution in [-0.2, 0) is 6.42 Å². The number of benzene rings is 1. The van der Waals surface area contributed by atoms with Crippen LogP contribution in [-0.4, -0.2) is 5.11 Å². The maximum atomic E-state index is 13.0. The van der Waals surface area contributed by atoms with E-state index in [4.69, 9.17) is 11.6 Å². The van der Waals surface area contributed by atoms with Crippen LogP contribution < -0.4 is 0 Å². The van der Waals surface area contributed by atoms with E-state index in [-0.39, 0.29) is 5.02 Å². The van der Waals surface area contributed by atoms with Crippen LogP contribution in [0.15, 0.2) is 30.3 Å². The zero-order valence-electron chi connectivity index (χ0n) is 9.28. The molecule has 0 radical (unpaired) electrons. The van der Waals surface area contributed by atoms with E-state index in [9.17, 15) is 9.50 Å². The Bertz CT molecular complexity index is 524. The molecule has 2 rings (SSSR count). The molecule has 1 heterocycles. The molecule has 1 aromatic carbocycles. The summed E-state index contributed by atoms with van der Waals surface area (Å²) >= 11 is 7.25. The third-order valence-corrected chi connectivity index (χ3v) is 4.13. The van der Waals surface area contributed by atoms with Gasteiger partial charge in [-0.1, -0.05) is 24.6 Å². The van der Waals surface area contributed by atoms with Crippen molar-refractivity contribution in [2.24, 2.45) is 0 Å². The molecule has 0 spiro atoms. The second-order valence-electron chi connectivity index (χ2n) is 3.73. The van der Waals surface area contributed by atoms with Crippen molar-refractivity contribution in [3.63, 3.8) is 0 Å². The highest BCUT2D eigenvalue weighted by molar-refractivity contribution is 7.12. The lowest BCUT2D eigenvalue weighted by atomic mass is 10.1. The highest BCUT2D eigenvalue weighted by Gasteiger charge is 2.14. The van der Waals surface area contributed by atoms with Crippen LogP contribution in [0.5, 0.6) is 0 Å². The molecule has 1 nitrogen and oxygen atoms in total. The number of aliphatic hydroxyl groups excluding tert-OH is 1. The predicted molar refractivity (Wildman–Crippen MR) is 69.2 cm³/mol. The molecular weight excluding hydrogens is 259 g/mol. The summed E-state index contributed by atoms with van der Waals surface area (Å²) < 4.78 is 13.0. The summed E-state index contributed by atoms with van der Waals surface area (Å²) in [5.41, 5.74) is 0.612. The number of thiophene rings is 1. The first-order valence-electron chi connectivity index (χ1n) is 5.33. The first-order valence-corrected chi connectivity index (χ1v) is 6.53. The van der Waals surface area contributed by atoms with Gasteiger partial charge in [-0.05, 0) is 36.2 Å². The van der Waals surface area contributed by atoms with E-state index < -0.39 is 11.9 Å². The predicted octanol–water partition coefficient (Wildman–Crippen LogP) is 4.18. The summed E-state index contributed by atoms with van der Waals surface area (Å²) in [6, 6.07) is 8.18. The normalized spacial score (nSPS) is 12.7. The van der Waals surface area contributed by atoms with Crippen molar-refractivity contribution in [2.75, 3.05) is 0 Å². The van der Waals surface area contributed by atoms with Crippen LogP contribution in [0, 0.1) is 5.82 Å². The molecular formula is C13H12ClFOS. The quantitative estimate of drug-likeness (QED) is 0.887. The molecule has 1 N–H and O–H groups in total. The van der Waals surface area contributed by atoms with Gasteiger partial charge in [0, 0.05) is 9.75 Å². The van der Waals surface area contributed by atoms with Crippen LogP contribution in [0.2, 0.25) is 5.02 Å². The van der Waals surface area contributed by atoms with Crippen molar-refractivity contribution in [2.45, 2.75) is 19.4 Å². The van der Waals surface area contributed by atoms with E-state index in [2.05, 4.69) is 6.92 Å². The fourth-order valence-electron chi connectivity index (χ4n) is 1.58. The van der Waals surface area contributed by atoms with Crippen LogP contribution in [0.1, 0.15) is 28.3 Å². The molecule has 0 aliphatic carbocycles. The molecule has 0 fully saturated rings. The summed E-state index contributed by atoms with van der Waals surface area (Å²) in [4.78, 5) is 2.07. The van der Waals surface area contributed by atoms with Crippen molar-refractivity contribution >= 4 is 22.9 Å². The molecule has 0 aliphatic rings. The van der Waals surface area contributed by atoms with Gasteiger partial charge in [-0.2, -0.15) is 0 Å². The summed E-state index contributed by atoms with van der Waals surface area (Å²) in [5, 5.41) is 10.2. The Morgan fingerprint density at radius 2 is 2.12 bits per heavy atom. The zero-order valence-corrected chi connectivity index (χ0v) is 10.9. The van der Waals surface area contributed by atoms with Gasteiger partial charge in [0.05, 0.1) is 5.02 Å². The molecule has 0 bridgehead atoms. The van der Waals surface area contributed by atoms with Gasteiger partial charge in [-0.3, -0.25) is 0 Å². The number of aryl methyl sites for hydroxylation is 1. The second-order valence-corrected chi connectivity index (χ2v) is 5.34. The van der Waals surface area contributed by atoms with Crippen LogP contribution in [0.4, 0.5) is 4.39 Å². The summed E-state index contributed by atoms with van der Waals surface area (Å²) in [7, 11) is 0. The Labute approximate surface area is 108 Å². The minimum atomic E-state index is -0.738. The molecule has 1 unspecified atom stereocenters. The van der Waals surface area contributed by atoms with Crippen molar-refractivity contribution in [1.29, 1.82) is 0 Å². The summed E-state index contributed by atoms with van der Waals surface area (Å²) in [5.74, 6) is -0.469. The van der Waals surface area contributed by atoms with Crippen LogP contribution in [0.3, 0.4) is 0 Å². The smallest absolute Gasteiger partial charge is 0.141 e. The maximum Gasteiger partial charge on any atom is 0.141 e. The SMILES string of the molecule is CCc1ccc(C(O)c2ccc(F)c(Cl)c2)s1. The van der Waals surface area contributed by atoms with E-state index in [1.54, 1.807) is 17.4 Å². The van der Waals surface area contributed by atoms with Gasteiger partial charge in [0.2, 0.25) is 0 Å². The average Bonchev–Trinajstić information content (AvgIpc) is 2.80. The lowest BCUT2D eigenvalue weighted by molar-refractivity contribution is 0.224. The van der Waals surface area contributed by atoms with E-state index in [0.717, 1.165) is 11.3 Å². The number of rotatable bonds is 3. The van der Waals surface area contributed by atoms with E-state index >= 15 is 0 Å². The molecule has 1 atom stereocenters. The zero-order chi connectivity index (χ0) is 12.4. The molecule has 0 amide bonds. The number of aliphatic hydroxyl groups is 1. The van der Waals surface area contributed by atoms with E-state index in [1.807, 2.05) is 12.1 Å². The molecule has 4 heteroatoms. The fourth-order valence-corrected chi connectivity index (χ4v) is 2.73. The molecule has 0 saturated carbocycles. The monoisotopic (exact) mass is 270 g/mol. The Morgan fingerprint density at radius 3 is 2.71 bits per heavy atom. The summed E-state index contributed by atoms with van der Waals surface area (Å²) in [6.07, 6.45) is 0.208. The maximum absolute atomic E-state index is 13.0. The fraction of sp³-hybridized carbons (Fsp3) is 0.231. The average molecular weight is 271 g/mol. The van der Waals surface area contributed by atoms with Gasteiger partial charge < -0.3 is 5.11 Å². The first kappa shape index (κ1) is 12.6. The highest BCUT2D eigenvalue weighted by Crippen LogP contribution is 2.30. The van der Waals surface area contributed by atoms with Gasteiger partial charge >= 0.3 is 0 Å². The van der Waals surface area contributed by atoms with Crippen molar-refractivity contribution in [1.82, 2.24) is 0 Å². The molecule has 0 saturated heterocycles. The summed E-state index contributed by atoms with van der Waals surface area (Å²) in [6.45, 7) is 2.07. The number of hydrogen-bond donors (Lipinski definition) is 1. The molecule has 90 valence electrons. The topological polar surface area (TPSA) is 20.2 Å². The van der Waals surface area contributed by atoms with Gasteiger partial charge in [0.1, 0.15) is 11.9 Å². The van der Waals surface area contributed by atoms with Crippen molar-refractivity contribution in [3.8, 4) is 0 Å². The standard InChI is InChI=1S/C13H12ClFOS/c1-2-9-4-6-12(17-9)13(16)8-3-5-11(15)10(14)7-8/h3-7,13,16H,2H2,1H3. The Balaban J connectivity index is 2.29. The van der Waals surface area contributed by atoms with Crippen molar-refractivity contribution in [3.05, 3.63) is 56.5 Å². The van der Waals surface area contributed by atoms with E-state index in [1.165, 1.54) is 17.0 Å². The van der Waals surface area contributed by atoms with Crippen molar-refractivity contribution < 1.29 is 9.50 Å². The number of hydrogen-bond acceptors (Lipinski definition) is 2. The highest BCUT2D eigenvalue weighted by atomic mass is 35.5. The second kappa shape index (κ2) is 5.17. The number of halogens is 2. The minimum Gasteiger partial charge on any atom is -0.383 e. The minimum absolute atomic E-state index is 0.0359. The van der Waals surface area contributed by atoms with Gasteiger partial charge in [-0.25, -0.2) is 4.39 Å². The third kappa shape index (κ3) is 2.68. The van der Waals surface area contributed by atoms with E-state index in [0.29, 0.717) is 5.56 Å². The van der Waals surface area contributed by atoms with Gasteiger partial charge in [-0.15, -0.1) is 11.3 Å². The van der Waals surface area contributed by atoms with Gasteiger partial charge in [0.15, 0.2) is 0 Å². The van der Waals surface area contributed by atoms with Gasteiger partial charge in [0.25, 0.3) is 0 Å². The largest absolute Gasteiger partial charge is 0.383 e. The third-order valence-electron chi connectivity index (χ3n) is 2.56. The molecule has 2 aromatic rings. The Kier molecular flexibility index (Phi) is 3.82. The molecule has 0 aliphatic heterocycles.